The van der Waals surface area contributed by atoms with Crippen LogP contribution in [-0.2, 0) is 0 Å². The van der Waals surface area contributed by atoms with Crippen LogP contribution in [0.15, 0.2) is 18.2 Å². The van der Waals surface area contributed by atoms with Crippen molar-refractivity contribution >= 4 is 23.0 Å². The fourth-order valence-electron chi connectivity index (χ4n) is 2.62. The van der Waals surface area contributed by atoms with E-state index >= 15 is 0 Å². The summed E-state index contributed by atoms with van der Waals surface area (Å²) < 4.78 is 0. The molecule has 0 atom stereocenters. The van der Waals surface area contributed by atoms with Crippen molar-refractivity contribution < 1.29 is 0 Å². The molecule has 2 nitrogen and oxygen atoms in total. The molecule has 3 heteroatoms. The quantitative estimate of drug-likeness (QED) is 0.810. The molecule has 0 aromatic heterocycles. The smallest absolute Gasteiger partial charge is 0.170 e. The minimum Gasteiger partial charge on any atom is -0.362 e. The van der Waals surface area contributed by atoms with Crippen LogP contribution in [0.4, 0.5) is 5.69 Å². The van der Waals surface area contributed by atoms with Crippen LogP contribution in [0.5, 0.6) is 0 Å². The minimum absolute atomic E-state index is 0.744. The number of benzene rings is 1. The van der Waals surface area contributed by atoms with Gasteiger partial charge in [0.25, 0.3) is 0 Å². The molecule has 1 aliphatic rings. The van der Waals surface area contributed by atoms with Gasteiger partial charge >= 0.3 is 0 Å². The van der Waals surface area contributed by atoms with Crippen LogP contribution in [0, 0.1) is 19.8 Å². The first kappa shape index (κ1) is 14.3. The summed E-state index contributed by atoms with van der Waals surface area (Å²) in [5.41, 5.74) is 3.68. The van der Waals surface area contributed by atoms with Crippen LogP contribution in [0.2, 0.25) is 0 Å². The second kappa shape index (κ2) is 6.90. The van der Waals surface area contributed by atoms with Gasteiger partial charge in [0.2, 0.25) is 0 Å². The Morgan fingerprint density at radius 2 is 1.89 bits per heavy atom. The molecule has 19 heavy (non-hydrogen) atoms. The SMILES string of the molecule is Cc1ccc(NC(=S)NCC2CCCCC2)cc1C. The third kappa shape index (κ3) is 4.50. The van der Waals surface area contributed by atoms with E-state index in [4.69, 9.17) is 12.2 Å². The number of anilines is 1. The van der Waals surface area contributed by atoms with Gasteiger partial charge in [0.05, 0.1) is 0 Å². The summed E-state index contributed by atoms with van der Waals surface area (Å²) in [6.07, 6.45) is 6.85. The minimum atomic E-state index is 0.744. The molecule has 2 N–H and O–H groups in total. The summed E-state index contributed by atoms with van der Waals surface area (Å²) in [4.78, 5) is 0. The summed E-state index contributed by atoms with van der Waals surface area (Å²) in [6, 6.07) is 6.35. The van der Waals surface area contributed by atoms with Crippen LogP contribution < -0.4 is 10.6 Å². The van der Waals surface area contributed by atoms with E-state index in [1.807, 2.05) is 0 Å². The average Bonchev–Trinajstić information content (AvgIpc) is 2.42. The van der Waals surface area contributed by atoms with Crippen molar-refractivity contribution in [3.05, 3.63) is 29.3 Å². The van der Waals surface area contributed by atoms with Crippen molar-refractivity contribution in [1.29, 1.82) is 0 Å². The van der Waals surface area contributed by atoms with E-state index < -0.39 is 0 Å². The van der Waals surface area contributed by atoms with Gasteiger partial charge in [-0.25, -0.2) is 0 Å². The molecule has 1 aromatic carbocycles. The second-order valence-corrected chi connectivity index (χ2v) is 6.05. The van der Waals surface area contributed by atoms with E-state index in [1.54, 1.807) is 0 Å². The maximum atomic E-state index is 5.36. The summed E-state index contributed by atoms with van der Waals surface area (Å²) in [5.74, 6) is 0.799. The molecule has 0 spiro atoms. The molecule has 2 rings (SSSR count). The van der Waals surface area contributed by atoms with Gasteiger partial charge in [0.15, 0.2) is 5.11 Å². The molecular weight excluding hydrogens is 252 g/mol. The number of hydrogen-bond acceptors (Lipinski definition) is 1. The van der Waals surface area contributed by atoms with Gasteiger partial charge in [-0.05, 0) is 68.1 Å². The second-order valence-electron chi connectivity index (χ2n) is 5.64. The molecule has 104 valence electrons. The zero-order valence-corrected chi connectivity index (χ0v) is 12.8. The van der Waals surface area contributed by atoms with Crippen molar-refractivity contribution in [3.63, 3.8) is 0 Å². The largest absolute Gasteiger partial charge is 0.362 e. The zero-order chi connectivity index (χ0) is 13.7. The lowest BCUT2D eigenvalue weighted by Crippen LogP contribution is -2.33. The Bertz CT molecular complexity index is 436. The normalized spacial score (nSPS) is 16.1. The van der Waals surface area contributed by atoms with Crippen LogP contribution in [0.1, 0.15) is 43.2 Å². The molecule has 0 radical (unpaired) electrons. The Labute approximate surface area is 122 Å². The molecule has 1 aromatic rings. The Morgan fingerprint density at radius 1 is 1.16 bits per heavy atom. The lowest BCUT2D eigenvalue weighted by Gasteiger charge is -2.22. The molecule has 0 unspecified atom stereocenters. The monoisotopic (exact) mass is 276 g/mol. The highest BCUT2D eigenvalue weighted by atomic mass is 32.1. The van der Waals surface area contributed by atoms with Crippen LogP contribution in [0.25, 0.3) is 0 Å². The van der Waals surface area contributed by atoms with Crippen molar-refractivity contribution in [2.75, 3.05) is 11.9 Å². The van der Waals surface area contributed by atoms with Crippen molar-refractivity contribution in [3.8, 4) is 0 Å². The predicted octanol–water partition coefficient (Wildman–Crippen LogP) is 4.17. The fourth-order valence-corrected chi connectivity index (χ4v) is 2.82. The van der Waals surface area contributed by atoms with Crippen LogP contribution in [-0.4, -0.2) is 11.7 Å². The van der Waals surface area contributed by atoms with E-state index in [1.165, 1.54) is 43.2 Å². The summed E-state index contributed by atoms with van der Waals surface area (Å²) in [6.45, 7) is 5.26. The van der Waals surface area contributed by atoms with Gasteiger partial charge in [-0.15, -0.1) is 0 Å². The number of nitrogens with one attached hydrogen (secondary N) is 2. The number of thiocarbonyl (C=S) groups is 1. The molecule has 1 saturated carbocycles. The maximum absolute atomic E-state index is 5.36. The summed E-state index contributed by atoms with van der Waals surface area (Å²) in [7, 11) is 0. The van der Waals surface area contributed by atoms with Crippen molar-refractivity contribution in [2.24, 2.45) is 5.92 Å². The highest BCUT2D eigenvalue weighted by Crippen LogP contribution is 2.22. The van der Waals surface area contributed by atoms with E-state index in [-0.39, 0.29) is 0 Å². The number of hydrogen-bond donors (Lipinski definition) is 2. The Hall–Kier alpha value is -1.09. The molecule has 0 heterocycles. The highest BCUT2D eigenvalue weighted by molar-refractivity contribution is 7.80. The van der Waals surface area contributed by atoms with Crippen molar-refractivity contribution in [1.82, 2.24) is 5.32 Å². The summed E-state index contributed by atoms with van der Waals surface area (Å²) >= 11 is 5.36. The number of rotatable bonds is 3. The van der Waals surface area contributed by atoms with E-state index in [0.717, 1.165) is 23.3 Å². The lowest BCUT2D eigenvalue weighted by atomic mass is 9.89. The van der Waals surface area contributed by atoms with Crippen LogP contribution >= 0.6 is 12.2 Å². The van der Waals surface area contributed by atoms with Gasteiger partial charge in [0.1, 0.15) is 0 Å². The Balaban J connectivity index is 1.78. The van der Waals surface area contributed by atoms with Gasteiger partial charge < -0.3 is 10.6 Å². The fraction of sp³-hybridized carbons (Fsp3) is 0.562. The lowest BCUT2D eigenvalue weighted by molar-refractivity contribution is 0.357. The molecular formula is C16H24N2S. The average molecular weight is 276 g/mol. The standard InChI is InChI=1S/C16H24N2S/c1-12-8-9-15(10-13(12)2)18-16(19)17-11-14-6-4-3-5-7-14/h8-10,14H,3-7,11H2,1-2H3,(H2,17,18,19). The molecule has 1 fully saturated rings. The molecule has 0 aliphatic heterocycles. The van der Waals surface area contributed by atoms with E-state index in [2.05, 4.69) is 42.7 Å². The predicted molar refractivity (Wildman–Crippen MR) is 86.7 cm³/mol. The first-order chi connectivity index (χ1) is 9.15. The van der Waals surface area contributed by atoms with Crippen LogP contribution in [0.3, 0.4) is 0 Å². The molecule has 1 aliphatic carbocycles. The third-order valence-electron chi connectivity index (χ3n) is 4.04. The third-order valence-corrected chi connectivity index (χ3v) is 4.29. The molecule has 0 saturated heterocycles. The zero-order valence-electron chi connectivity index (χ0n) is 12.0. The van der Waals surface area contributed by atoms with E-state index in [9.17, 15) is 0 Å². The molecule has 0 amide bonds. The maximum Gasteiger partial charge on any atom is 0.170 e. The summed E-state index contributed by atoms with van der Waals surface area (Å²) in [5, 5.41) is 7.37. The van der Waals surface area contributed by atoms with E-state index in [0.29, 0.717) is 0 Å². The van der Waals surface area contributed by atoms with Gasteiger partial charge in [0, 0.05) is 12.2 Å². The Morgan fingerprint density at radius 3 is 2.58 bits per heavy atom. The first-order valence-corrected chi connectivity index (χ1v) is 7.68. The number of aryl methyl sites for hydroxylation is 2. The van der Waals surface area contributed by atoms with Crippen molar-refractivity contribution in [2.45, 2.75) is 46.0 Å². The first-order valence-electron chi connectivity index (χ1n) is 7.27. The topological polar surface area (TPSA) is 24.1 Å². The van der Waals surface area contributed by atoms with Gasteiger partial charge in [-0.3, -0.25) is 0 Å². The van der Waals surface area contributed by atoms with Gasteiger partial charge in [-0.1, -0.05) is 25.3 Å². The highest BCUT2D eigenvalue weighted by Gasteiger charge is 2.13. The van der Waals surface area contributed by atoms with Gasteiger partial charge in [-0.2, -0.15) is 0 Å². The molecule has 0 bridgehead atoms. The Kier molecular flexibility index (Phi) is 5.20.